The van der Waals surface area contributed by atoms with Gasteiger partial charge in [0.1, 0.15) is 13.2 Å². The number of carbonyl (C=O) groups is 3. The van der Waals surface area contributed by atoms with Gasteiger partial charge >= 0.3 is 17.9 Å². The van der Waals surface area contributed by atoms with Crippen LogP contribution in [0.5, 0.6) is 0 Å². The molecule has 0 aromatic carbocycles. The maximum Gasteiger partial charge on any atom is 0.306 e. The highest BCUT2D eigenvalue weighted by Gasteiger charge is 2.19. The lowest BCUT2D eigenvalue weighted by atomic mass is 10.0. The number of ether oxygens (including phenoxy) is 3. The second-order valence-corrected chi connectivity index (χ2v) is 20.9. The lowest BCUT2D eigenvalue weighted by Gasteiger charge is -2.18. The molecule has 0 heterocycles. The first kappa shape index (κ1) is 70.6. The highest BCUT2D eigenvalue weighted by molar-refractivity contribution is 5.71. The summed E-state index contributed by atoms with van der Waals surface area (Å²) in [5.74, 6) is -0.890. The predicted octanol–water partition coefficient (Wildman–Crippen LogP) is 21.5. The minimum Gasteiger partial charge on any atom is -0.462 e. The fourth-order valence-corrected chi connectivity index (χ4v) is 8.91. The van der Waals surface area contributed by atoms with E-state index in [0.29, 0.717) is 19.3 Å². The summed E-state index contributed by atoms with van der Waals surface area (Å²) in [5.41, 5.74) is 0. The van der Waals surface area contributed by atoms with Crippen molar-refractivity contribution in [3.8, 4) is 0 Å². The topological polar surface area (TPSA) is 78.9 Å². The van der Waals surface area contributed by atoms with Gasteiger partial charge in [0, 0.05) is 19.3 Å². The van der Waals surface area contributed by atoms with Gasteiger partial charge in [-0.25, -0.2) is 0 Å². The van der Waals surface area contributed by atoms with Gasteiger partial charge in [0.05, 0.1) is 0 Å². The summed E-state index contributed by atoms with van der Waals surface area (Å²) in [6, 6.07) is 0. The van der Waals surface area contributed by atoms with Gasteiger partial charge in [-0.15, -0.1) is 0 Å². The minimum absolute atomic E-state index is 0.0795. The standard InChI is InChI=1S/C68H118O6/c1-4-7-10-13-16-19-21-23-25-27-29-31-33-34-36-37-39-41-43-45-47-49-52-55-58-61-67(70)73-64-65(63-72-66(69)60-57-54-51-18-15-12-9-6-3)74-68(71)62-59-56-53-50-48-46-44-42-40-38-35-32-30-28-26-24-22-20-17-14-11-8-5-2/h7,10,16,19,23,25,28-31,34,36,39,41,65H,4-6,8-9,11-15,17-18,20-22,24,26-27,32-33,35,37-38,40,42-64H2,1-3H3/b10-7-,19-16-,25-23-,30-28-,31-29-,36-34-,41-39-. The average Bonchev–Trinajstić information content (AvgIpc) is 3.40. The van der Waals surface area contributed by atoms with Crippen LogP contribution in [0.2, 0.25) is 0 Å². The Morgan fingerprint density at radius 2 is 0.527 bits per heavy atom. The van der Waals surface area contributed by atoms with Crippen molar-refractivity contribution in [2.45, 2.75) is 316 Å². The number of allylic oxidation sites excluding steroid dienone is 14. The van der Waals surface area contributed by atoms with Crippen LogP contribution in [0, 0.1) is 0 Å². The largest absolute Gasteiger partial charge is 0.462 e. The second kappa shape index (κ2) is 62.1. The molecule has 0 aliphatic heterocycles. The zero-order valence-corrected chi connectivity index (χ0v) is 48.8. The highest BCUT2D eigenvalue weighted by Crippen LogP contribution is 2.16. The van der Waals surface area contributed by atoms with Gasteiger partial charge in [-0.1, -0.05) is 279 Å². The molecule has 0 bridgehead atoms. The van der Waals surface area contributed by atoms with E-state index in [4.69, 9.17) is 14.2 Å². The van der Waals surface area contributed by atoms with Gasteiger partial charge < -0.3 is 14.2 Å². The molecule has 74 heavy (non-hydrogen) atoms. The smallest absolute Gasteiger partial charge is 0.306 e. The Balaban J connectivity index is 4.22. The van der Waals surface area contributed by atoms with Crippen LogP contribution in [-0.2, 0) is 28.6 Å². The van der Waals surface area contributed by atoms with E-state index in [-0.39, 0.29) is 31.1 Å². The fourth-order valence-electron chi connectivity index (χ4n) is 8.91. The molecule has 0 radical (unpaired) electrons. The van der Waals surface area contributed by atoms with Crippen LogP contribution in [0.4, 0.5) is 0 Å². The molecule has 6 nitrogen and oxygen atoms in total. The molecule has 0 aliphatic carbocycles. The Kier molecular flexibility index (Phi) is 59.3. The van der Waals surface area contributed by atoms with E-state index in [1.807, 2.05) is 0 Å². The summed E-state index contributed by atoms with van der Waals surface area (Å²) < 4.78 is 16.9. The van der Waals surface area contributed by atoms with Crippen molar-refractivity contribution in [2.24, 2.45) is 0 Å². The van der Waals surface area contributed by atoms with Crippen molar-refractivity contribution in [3.05, 3.63) is 85.1 Å². The molecular formula is C68H118O6. The molecular weight excluding hydrogens is 913 g/mol. The monoisotopic (exact) mass is 1030 g/mol. The van der Waals surface area contributed by atoms with Crippen molar-refractivity contribution in [1.29, 1.82) is 0 Å². The molecule has 0 saturated heterocycles. The van der Waals surface area contributed by atoms with E-state index in [2.05, 4.69) is 106 Å². The lowest BCUT2D eigenvalue weighted by Crippen LogP contribution is -2.30. The number of hydrogen-bond donors (Lipinski definition) is 0. The first-order valence-electron chi connectivity index (χ1n) is 31.6. The van der Waals surface area contributed by atoms with Gasteiger partial charge in [-0.2, -0.15) is 0 Å². The van der Waals surface area contributed by atoms with Crippen LogP contribution in [0.15, 0.2) is 85.1 Å². The normalized spacial score (nSPS) is 12.6. The number of rotatable bonds is 57. The van der Waals surface area contributed by atoms with Gasteiger partial charge in [0.15, 0.2) is 6.10 Å². The van der Waals surface area contributed by atoms with Crippen LogP contribution >= 0.6 is 0 Å². The van der Waals surface area contributed by atoms with Crippen LogP contribution in [0.1, 0.15) is 310 Å². The van der Waals surface area contributed by atoms with Gasteiger partial charge in [-0.3, -0.25) is 14.4 Å². The molecule has 1 atom stereocenters. The van der Waals surface area contributed by atoms with Gasteiger partial charge in [0.25, 0.3) is 0 Å². The molecule has 1 unspecified atom stereocenters. The summed E-state index contributed by atoms with van der Waals surface area (Å²) in [5, 5.41) is 0. The third-order valence-corrected chi connectivity index (χ3v) is 13.6. The summed E-state index contributed by atoms with van der Waals surface area (Å²) in [6.07, 6.45) is 81.7. The van der Waals surface area contributed by atoms with E-state index in [9.17, 15) is 14.4 Å². The molecule has 0 aliphatic rings. The quantitative estimate of drug-likeness (QED) is 0.0261. The number of unbranched alkanes of at least 4 members (excludes halogenated alkanes) is 32. The molecule has 426 valence electrons. The van der Waals surface area contributed by atoms with E-state index in [1.54, 1.807) is 0 Å². The average molecular weight is 1030 g/mol. The van der Waals surface area contributed by atoms with Crippen molar-refractivity contribution in [3.63, 3.8) is 0 Å². The molecule has 0 aromatic rings. The summed E-state index contributed by atoms with van der Waals surface area (Å²) >= 11 is 0. The minimum atomic E-state index is -0.781. The highest BCUT2D eigenvalue weighted by atomic mass is 16.6. The summed E-state index contributed by atoms with van der Waals surface area (Å²) in [7, 11) is 0. The van der Waals surface area contributed by atoms with E-state index in [0.717, 1.165) is 109 Å². The zero-order valence-electron chi connectivity index (χ0n) is 48.8. The summed E-state index contributed by atoms with van der Waals surface area (Å²) in [4.78, 5) is 38.1. The van der Waals surface area contributed by atoms with Gasteiger partial charge in [0.2, 0.25) is 0 Å². The zero-order chi connectivity index (χ0) is 53.6. The Morgan fingerprint density at radius 3 is 0.838 bits per heavy atom. The van der Waals surface area contributed by atoms with Crippen molar-refractivity contribution in [1.82, 2.24) is 0 Å². The number of esters is 3. The SMILES string of the molecule is CC/C=C\C/C=C\C/C=C\C/C=C\C/C=C\C/C=C\CCCCCCCCC(=O)OCC(COC(=O)CCCCCCCCCC)OC(=O)CCCCCCCCCCCCC/C=C\CCCCCCCCCC. The molecule has 0 aromatic heterocycles. The van der Waals surface area contributed by atoms with Crippen LogP contribution in [0.25, 0.3) is 0 Å². The second-order valence-electron chi connectivity index (χ2n) is 20.9. The first-order chi connectivity index (χ1) is 36.5. The third kappa shape index (κ3) is 59.5. The fraction of sp³-hybridized carbons (Fsp3) is 0.750. The predicted molar refractivity (Wildman–Crippen MR) is 321 cm³/mol. The Morgan fingerprint density at radius 1 is 0.284 bits per heavy atom. The van der Waals surface area contributed by atoms with Crippen molar-refractivity contribution < 1.29 is 28.6 Å². The number of carbonyl (C=O) groups excluding carboxylic acids is 3. The third-order valence-electron chi connectivity index (χ3n) is 13.6. The van der Waals surface area contributed by atoms with Crippen molar-refractivity contribution in [2.75, 3.05) is 13.2 Å². The molecule has 0 saturated carbocycles. The molecule has 0 rings (SSSR count). The Bertz CT molecular complexity index is 1420. The van der Waals surface area contributed by atoms with Crippen LogP contribution in [0.3, 0.4) is 0 Å². The van der Waals surface area contributed by atoms with E-state index < -0.39 is 6.10 Å². The van der Waals surface area contributed by atoms with Crippen LogP contribution < -0.4 is 0 Å². The van der Waals surface area contributed by atoms with E-state index in [1.165, 1.54) is 161 Å². The van der Waals surface area contributed by atoms with Crippen molar-refractivity contribution >= 4 is 17.9 Å². The van der Waals surface area contributed by atoms with Gasteiger partial charge in [-0.05, 0) is 96.3 Å². The Labute approximate surface area is 458 Å². The van der Waals surface area contributed by atoms with Crippen LogP contribution in [-0.4, -0.2) is 37.2 Å². The Hall–Kier alpha value is -3.41. The van der Waals surface area contributed by atoms with E-state index >= 15 is 0 Å². The number of hydrogen-bond acceptors (Lipinski definition) is 6. The molecule has 0 spiro atoms. The molecule has 0 fully saturated rings. The molecule has 0 amide bonds. The molecule has 6 heteroatoms. The maximum absolute atomic E-state index is 12.9. The molecule has 0 N–H and O–H groups in total. The lowest BCUT2D eigenvalue weighted by molar-refractivity contribution is -0.167. The maximum atomic E-state index is 12.9. The first-order valence-corrected chi connectivity index (χ1v) is 31.6. The summed E-state index contributed by atoms with van der Waals surface area (Å²) in [6.45, 7) is 6.51.